The first-order valence-electron chi connectivity index (χ1n) is 9.10. The molecule has 23 heavy (non-hydrogen) atoms. The lowest BCUT2D eigenvalue weighted by Gasteiger charge is -2.55. The van der Waals surface area contributed by atoms with Crippen molar-refractivity contribution in [2.45, 2.75) is 44.2 Å². The molecule has 0 heterocycles. The van der Waals surface area contributed by atoms with E-state index < -0.39 is 0 Å². The molecule has 0 aromatic heterocycles. The lowest BCUT2D eigenvalue weighted by atomic mass is 9.50. The quantitative estimate of drug-likeness (QED) is 0.877. The van der Waals surface area contributed by atoms with Crippen molar-refractivity contribution in [1.29, 1.82) is 5.26 Å². The second kappa shape index (κ2) is 6.26. The number of nitriles is 1. The molecule has 2 atom stereocenters. The predicted octanol–water partition coefficient (Wildman–Crippen LogP) is 3.27. The van der Waals surface area contributed by atoms with Gasteiger partial charge in [-0.25, -0.2) is 0 Å². The highest BCUT2D eigenvalue weighted by Crippen LogP contribution is 2.57. The molecule has 1 aromatic carbocycles. The molecule has 4 fully saturated rings. The summed E-state index contributed by atoms with van der Waals surface area (Å²) >= 11 is 0. The van der Waals surface area contributed by atoms with Crippen LogP contribution >= 0.6 is 0 Å². The third kappa shape index (κ3) is 2.79. The van der Waals surface area contributed by atoms with Crippen molar-refractivity contribution in [3.8, 4) is 6.07 Å². The van der Waals surface area contributed by atoms with Gasteiger partial charge < -0.3 is 5.11 Å². The molecular weight excluding hydrogens is 284 g/mol. The Labute approximate surface area is 138 Å². The largest absolute Gasteiger partial charge is 0.394 e. The van der Waals surface area contributed by atoms with Gasteiger partial charge in [0.2, 0.25) is 0 Å². The van der Waals surface area contributed by atoms with Crippen LogP contribution in [0.25, 0.3) is 0 Å². The van der Waals surface area contributed by atoms with Crippen LogP contribution in [0.1, 0.15) is 43.7 Å². The smallest absolute Gasteiger partial charge is 0.0992 e. The first kappa shape index (κ1) is 15.2. The van der Waals surface area contributed by atoms with Crippen molar-refractivity contribution < 1.29 is 5.11 Å². The first-order valence-corrected chi connectivity index (χ1v) is 9.10. The number of hydrogen-bond acceptors (Lipinski definition) is 3. The normalized spacial score (nSPS) is 37.3. The SMILES string of the molecule is N#C[C@H](N[C@H](CO)c1ccccc1)C1C2CC3CC(C2)CC1C3. The molecule has 0 saturated heterocycles. The molecular formula is C20H26N2O. The maximum atomic E-state index is 9.81. The zero-order valence-electron chi connectivity index (χ0n) is 13.6. The summed E-state index contributed by atoms with van der Waals surface area (Å²) in [5.74, 6) is 3.77. The molecule has 5 rings (SSSR count). The molecule has 0 aliphatic heterocycles. The lowest BCUT2D eigenvalue weighted by molar-refractivity contribution is -0.0463. The molecule has 4 aliphatic carbocycles. The predicted molar refractivity (Wildman–Crippen MR) is 89.3 cm³/mol. The van der Waals surface area contributed by atoms with Gasteiger partial charge in [-0.2, -0.15) is 5.26 Å². The van der Waals surface area contributed by atoms with Crippen molar-refractivity contribution in [3.63, 3.8) is 0 Å². The van der Waals surface area contributed by atoms with Gasteiger partial charge in [0.05, 0.1) is 24.8 Å². The fourth-order valence-corrected chi connectivity index (χ4v) is 5.90. The molecule has 3 nitrogen and oxygen atoms in total. The molecule has 1 aromatic rings. The van der Waals surface area contributed by atoms with Gasteiger partial charge in [-0.05, 0) is 67.3 Å². The van der Waals surface area contributed by atoms with Gasteiger partial charge in [-0.15, -0.1) is 0 Å². The number of nitrogens with one attached hydrogen (secondary N) is 1. The molecule has 122 valence electrons. The Hall–Kier alpha value is -1.37. The zero-order chi connectivity index (χ0) is 15.8. The second-order valence-electron chi connectivity index (χ2n) is 7.93. The summed E-state index contributed by atoms with van der Waals surface area (Å²) in [6, 6.07) is 12.3. The molecule has 4 saturated carbocycles. The molecule has 2 N–H and O–H groups in total. The number of nitrogens with zero attached hydrogens (tertiary/aromatic N) is 1. The average Bonchev–Trinajstić information content (AvgIpc) is 2.57. The van der Waals surface area contributed by atoms with Crippen LogP contribution in [-0.2, 0) is 0 Å². The molecule has 3 heteroatoms. The Morgan fingerprint density at radius 1 is 1.04 bits per heavy atom. The number of rotatable bonds is 5. The van der Waals surface area contributed by atoms with Crippen molar-refractivity contribution in [1.82, 2.24) is 5.32 Å². The minimum atomic E-state index is -0.141. The summed E-state index contributed by atoms with van der Waals surface area (Å²) in [4.78, 5) is 0. The monoisotopic (exact) mass is 310 g/mol. The average molecular weight is 310 g/mol. The summed E-state index contributed by atoms with van der Waals surface area (Å²) in [5.41, 5.74) is 1.07. The van der Waals surface area contributed by atoms with Gasteiger partial charge in [-0.1, -0.05) is 30.3 Å². The number of aliphatic hydroxyl groups excluding tert-OH is 1. The van der Waals surface area contributed by atoms with Crippen molar-refractivity contribution in [2.24, 2.45) is 29.6 Å². The van der Waals surface area contributed by atoms with Crippen LogP contribution in [0.4, 0.5) is 0 Å². The summed E-state index contributed by atoms with van der Waals surface area (Å²) in [6.07, 6.45) is 6.74. The summed E-state index contributed by atoms with van der Waals surface area (Å²) < 4.78 is 0. The standard InChI is InChI=1S/C20H26N2O/c21-11-18(22-19(12-23)15-4-2-1-3-5-15)20-16-7-13-6-14(9-16)10-17(20)8-13/h1-5,13-14,16-20,22-23H,6-10,12H2/t13?,14?,16?,17?,18-,19+,20?/m0/s1. The summed E-state index contributed by atoms with van der Waals surface area (Å²) in [6.45, 7) is 0.0372. The van der Waals surface area contributed by atoms with Crippen molar-refractivity contribution >= 4 is 0 Å². The van der Waals surface area contributed by atoms with E-state index in [-0.39, 0.29) is 18.7 Å². The Morgan fingerprint density at radius 2 is 1.65 bits per heavy atom. The molecule has 0 unspecified atom stereocenters. The highest BCUT2D eigenvalue weighted by Gasteiger charge is 2.50. The van der Waals surface area contributed by atoms with E-state index in [0.717, 1.165) is 29.2 Å². The number of hydrogen-bond donors (Lipinski definition) is 2. The zero-order valence-corrected chi connectivity index (χ0v) is 13.6. The van der Waals surface area contributed by atoms with Gasteiger partial charge in [0.1, 0.15) is 0 Å². The highest BCUT2D eigenvalue weighted by molar-refractivity contribution is 5.20. The first-order chi connectivity index (χ1) is 11.3. The topological polar surface area (TPSA) is 56.0 Å². The van der Waals surface area contributed by atoms with E-state index in [1.54, 1.807) is 0 Å². The van der Waals surface area contributed by atoms with Gasteiger partial charge >= 0.3 is 0 Å². The van der Waals surface area contributed by atoms with Gasteiger partial charge in [0.15, 0.2) is 0 Å². The Kier molecular flexibility index (Phi) is 4.13. The van der Waals surface area contributed by atoms with E-state index in [9.17, 15) is 10.4 Å². The van der Waals surface area contributed by atoms with Gasteiger partial charge in [0, 0.05) is 0 Å². The number of aliphatic hydroxyl groups is 1. The van der Waals surface area contributed by atoms with Crippen LogP contribution in [0.3, 0.4) is 0 Å². The molecule has 0 radical (unpaired) electrons. The minimum absolute atomic E-state index is 0.0372. The van der Waals surface area contributed by atoms with Crippen LogP contribution < -0.4 is 5.32 Å². The summed E-state index contributed by atoms with van der Waals surface area (Å²) in [7, 11) is 0. The van der Waals surface area contributed by atoms with E-state index in [1.807, 2.05) is 30.3 Å². The number of benzene rings is 1. The van der Waals surface area contributed by atoms with E-state index >= 15 is 0 Å². The van der Waals surface area contributed by atoms with Gasteiger partial charge in [-0.3, -0.25) is 5.32 Å². The maximum Gasteiger partial charge on any atom is 0.0992 e. The van der Waals surface area contributed by atoms with Gasteiger partial charge in [0.25, 0.3) is 0 Å². The molecule has 0 spiro atoms. The van der Waals surface area contributed by atoms with Crippen LogP contribution in [-0.4, -0.2) is 17.8 Å². The Bertz CT molecular complexity index is 551. The van der Waals surface area contributed by atoms with Crippen LogP contribution in [0.5, 0.6) is 0 Å². The Balaban J connectivity index is 1.51. The second-order valence-corrected chi connectivity index (χ2v) is 7.93. The molecule has 0 amide bonds. The van der Waals surface area contributed by atoms with Crippen LogP contribution in [0.2, 0.25) is 0 Å². The third-order valence-electron chi connectivity index (χ3n) is 6.59. The Morgan fingerprint density at radius 3 is 2.17 bits per heavy atom. The summed E-state index contributed by atoms with van der Waals surface area (Å²) in [5, 5.41) is 23.1. The van der Waals surface area contributed by atoms with Crippen LogP contribution in [0, 0.1) is 40.9 Å². The highest BCUT2D eigenvalue weighted by atomic mass is 16.3. The maximum absolute atomic E-state index is 9.81. The molecule has 4 bridgehead atoms. The van der Waals surface area contributed by atoms with E-state index in [4.69, 9.17) is 0 Å². The van der Waals surface area contributed by atoms with E-state index in [2.05, 4.69) is 11.4 Å². The van der Waals surface area contributed by atoms with Crippen molar-refractivity contribution in [2.75, 3.05) is 6.61 Å². The lowest BCUT2D eigenvalue weighted by Crippen LogP contribution is -2.53. The van der Waals surface area contributed by atoms with E-state index in [0.29, 0.717) is 5.92 Å². The molecule has 4 aliphatic rings. The van der Waals surface area contributed by atoms with E-state index in [1.165, 1.54) is 32.1 Å². The van der Waals surface area contributed by atoms with Crippen LogP contribution in [0.15, 0.2) is 30.3 Å². The van der Waals surface area contributed by atoms with Crippen molar-refractivity contribution in [3.05, 3.63) is 35.9 Å². The fourth-order valence-electron chi connectivity index (χ4n) is 5.90. The minimum Gasteiger partial charge on any atom is -0.394 e. The fraction of sp³-hybridized carbons (Fsp3) is 0.650. The third-order valence-corrected chi connectivity index (χ3v) is 6.59.